The Morgan fingerprint density at radius 3 is 1.75 bits per heavy atom. The highest BCUT2D eigenvalue weighted by Crippen LogP contribution is 1.03. The van der Waals surface area contributed by atoms with Crippen molar-refractivity contribution in [2.24, 2.45) is 0 Å². The maximum atomic E-state index is 5.05. The van der Waals surface area contributed by atoms with Crippen molar-refractivity contribution in [1.82, 2.24) is 0 Å². The summed E-state index contributed by atoms with van der Waals surface area (Å²) in [5.74, 6) is 0. The van der Waals surface area contributed by atoms with E-state index in [1.54, 1.807) is 0 Å². The first kappa shape index (κ1) is 8.90. The molecule has 0 aliphatic rings. The van der Waals surface area contributed by atoms with Crippen molar-refractivity contribution in [3.05, 3.63) is 0 Å². The molecule has 0 aromatic heterocycles. The molecule has 22 valence electrons. The highest BCUT2D eigenvalue weighted by molar-refractivity contribution is 7.17. The Balaban J connectivity index is 0. The van der Waals surface area contributed by atoms with E-state index < -0.39 is 0 Å². The molecule has 0 saturated heterocycles. The lowest BCUT2D eigenvalue weighted by Gasteiger charge is -1.43. The number of rotatable bonds is 0. The van der Waals surface area contributed by atoms with Crippen molar-refractivity contribution in [2.45, 2.75) is 0 Å². The Hall–Kier alpha value is 1.03. The molecule has 0 rings (SSSR count). The van der Waals surface area contributed by atoms with Crippen LogP contribution in [0.1, 0.15) is 0 Å². The van der Waals surface area contributed by atoms with Gasteiger partial charge in [-0.15, -0.1) is 0 Å². The summed E-state index contributed by atoms with van der Waals surface area (Å²) < 4.78 is 0. The summed E-state index contributed by atoms with van der Waals surface area (Å²) in [5, 5.41) is 0. The van der Waals surface area contributed by atoms with Crippen LogP contribution in [0.4, 0.5) is 0 Å². The summed E-state index contributed by atoms with van der Waals surface area (Å²) in [4.78, 5) is 0. The van der Waals surface area contributed by atoms with Crippen LogP contribution in [0, 0.1) is 0 Å². The van der Waals surface area contributed by atoms with Crippen molar-refractivity contribution in [3.8, 4) is 0 Å². The zero-order valence-corrected chi connectivity index (χ0v) is 5.70. The smallest absolute Gasteiger partial charge is 0.0367 e. The molecule has 0 aliphatic carbocycles. The minimum atomic E-state index is 0. The summed E-state index contributed by atoms with van der Waals surface area (Å²) in [5.41, 5.74) is 0. The van der Waals surface area contributed by atoms with E-state index in [4.69, 9.17) is 7.44 Å². The molecule has 0 aliphatic heterocycles. The minimum Gasteiger partial charge on any atom is -0.0367 e. The molecule has 0 fully saturated rings. The summed E-state index contributed by atoms with van der Waals surface area (Å²) >= 11 is 0. The summed E-state index contributed by atoms with van der Waals surface area (Å²) in [6.07, 6.45) is 0. The summed E-state index contributed by atoms with van der Waals surface area (Å²) in [6, 6.07) is 0. The molecule has 0 nitrogen and oxygen atoms in total. The van der Waals surface area contributed by atoms with Crippen molar-refractivity contribution in [1.29, 1.82) is 0 Å². The Bertz CT molecular complexity index is 6.00. The maximum absolute atomic E-state index is 5.05. The molecule has 0 spiro atoms. The van der Waals surface area contributed by atoms with Gasteiger partial charge in [0.2, 0.25) is 0 Å². The summed E-state index contributed by atoms with van der Waals surface area (Å²) in [7, 11) is 6.39. The second kappa shape index (κ2) is 8.98. The van der Waals surface area contributed by atoms with Gasteiger partial charge in [-0.2, -0.15) is 0 Å². The largest absolute Gasteiger partial charge is 0.187 e. The number of hydrogen-bond donors (Lipinski definition) is 0. The van der Waals surface area contributed by atoms with Gasteiger partial charge in [0.15, 0.2) is 17.4 Å². The molecule has 0 unspecified atom stereocenters. The van der Waals surface area contributed by atoms with Crippen LogP contribution in [-0.2, 0) is 0 Å². The predicted octanol–water partition coefficient (Wildman–Crippen LogP) is -3.66. The monoisotopic (exact) mass is 102 g/mol. The topological polar surface area (TPSA) is 0 Å². The van der Waals surface area contributed by atoms with Gasteiger partial charge in [-0.1, -0.05) is 0 Å². The molecule has 0 atom stereocenters. The van der Waals surface area contributed by atoms with E-state index in [1.165, 1.54) is 9.76 Å². The van der Waals surface area contributed by atoms with Crippen LogP contribution in [0.3, 0.4) is 0 Å². The van der Waals surface area contributed by atoms with Crippen molar-refractivity contribution >= 4 is 43.5 Å². The molecular weight excluding hydrogens is 94.0 g/mol. The van der Waals surface area contributed by atoms with Crippen molar-refractivity contribution in [2.75, 3.05) is 0 Å². The number of hydrogen-bond acceptors (Lipinski definition) is 0. The van der Waals surface area contributed by atoms with E-state index >= 15 is 0 Å². The average molecular weight is 102 g/mol. The van der Waals surface area contributed by atoms with Crippen LogP contribution in [0.2, 0.25) is 0 Å². The molecule has 0 saturated carbocycles. The molecule has 0 heterocycles. The van der Waals surface area contributed by atoms with Crippen LogP contribution in [-0.4, -0.2) is 43.5 Å². The first-order valence-electron chi connectivity index (χ1n) is 1.12. The second-order valence-electron chi connectivity index (χ2n) is 0.408. The zero-order valence-electron chi connectivity index (χ0n) is 2.28. The zero-order chi connectivity index (χ0) is 2.71. The van der Waals surface area contributed by atoms with E-state index in [2.05, 4.69) is 0 Å². The average Bonchev–Trinajstić information content (AvgIpc) is 0.918. The third-order valence-electron chi connectivity index (χ3n) is 0. The molecule has 2 radical (unpaired) electrons. The highest BCUT2D eigenvalue weighted by Gasteiger charge is 1.40. The first-order valence-corrected chi connectivity index (χ1v) is 7.59. The molecular formula is H8AlBSi2. The third kappa shape index (κ3) is 11.8. The van der Waals surface area contributed by atoms with E-state index in [-0.39, 0.29) is 26.3 Å². The van der Waals surface area contributed by atoms with Gasteiger partial charge in [-0.05, 0) is 18.7 Å². The fourth-order valence-electron chi connectivity index (χ4n) is 0. The van der Waals surface area contributed by atoms with Gasteiger partial charge in [-0.3, -0.25) is 0 Å². The fourth-order valence-corrected chi connectivity index (χ4v) is 0. The molecule has 0 bridgehead atoms. The lowest BCUT2D eigenvalue weighted by Crippen LogP contribution is -1.79. The second-order valence-corrected chi connectivity index (χ2v) is 3.67. The molecule has 0 amide bonds. The van der Waals surface area contributed by atoms with Crippen LogP contribution >= 0.6 is 0 Å². The van der Waals surface area contributed by atoms with Gasteiger partial charge in [0, 0.05) is 7.44 Å². The normalized spacial score (nSPS) is 8.00. The van der Waals surface area contributed by atoms with Crippen molar-refractivity contribution < 1.29 is 0 Å². The molecule has 4 heavy (non-hydrogen) atoms. The molecule has 0 aromatic rings. The standard InChI is InChI=1S/Al.BH5Si2.3H/c;1-3-2;;;/h;3H2,2H3;;;. The summed E-state index contributed by atoms with van der Waals surface area (Å²) in [6.45, 7) is 0. The molecule has 0 N–H and O–H groups in total. The maximum Gasteiger partial charge on any atom is 0.187 e. The fraction of sp³-hybridized carbons (Fsp3) is 0. The van der Waals surface area contributed by atoms with Crippen LogP contribution < -0.4 is 0 Å². The van der Waals surface area contributed by atoms with Crippen LogP contribution in [0.15, 0.2) is 0 Å². The van der Waals surface area contributed by atoms with Crippen LogP contribution in [0.25, 0.3) is 0 Å². The highest BCUT2D eigenvalue weighted by atomic mass is 29.1. The van der Waals surface area contributed by atoms with Gasteiger partial charge >= 0.3 is 0 Å². The van der Waals surface area contributed by atoms with E-state index in [0.29, 0.717) is 0 Å². The Kier molecular flexibility index (Phi) is 20.0. The van der Waals surface area contributed by atoms with E-state index in [9.17, 15) is 0 Å². The lowest BCUT2D eigenvalue weighted by molar-refractivity contribution is 4.34. The van der Waals surface area contributed by atoms with Crippen LogP contribution in [0.5, 0.6) is 0 Å². The minimum absolute atomic E-state index is 0. The SMILES string of the molecule is [AlH3].[B][SiH2][SiH3]. The van der Waals surface area contributed by atoms with Gasteiger partial charge in [0.1, 0.15) is 0 Å². The quantitative estimate of drug-likeness (QED) is 0.276. The van der Waals surface area contributed by atoms with Gasteiger partial charge in [-0.25, -0.2) is 0 Å². The lowest BCUT2D eigenvalue weighted by atomic mass is 10.8. The predicted molar refractivity (Wildman–Crippen MR) is 34.2 cm³/mol. The van der Waals surface area contributed by atoms with Gasteiger partial charge in [0.25, 0.3) is 0 Å². The van der Waals surface area contributed by atoms with Crippen molar-refractivity contribution in [3.63, 3.8) is 0 Å². The Morgan fingerprint density at radius 1 is 1.75 bits per heavy atom. The molecule has 4 heteroatoms. The third-order valence-corrected chi connectivity index (χ3v) is 0. The van der Waals surface area contributed by atoms with Gasteiger partial charge < -0.3 is 0 Å². The van der Waals surface area contributed by atoms with E-state index in [0.717, 1.165) is 0 Å². The first-order chi connectivity index (χ1) is 1.41. The Morgan fingerprint density at radius 2 is 1.75 bits per heavy atom. The molecule has 0 aromatic carbocycles. The Labute approximate surface area is 43.9 Å². The van der Waals surface area contributed by atoms with E-state index in [1.807, 2.05) is 0 Å². The van der Waals surface area contributed by atoms with Gasteiger partial charge in [0.05, 0.1) is 0 Å².